The predicted molar refractivity (Wildman–Crippen MR) is 86.5 cm³/mol. The number of hydrogen-bond acceptors (Lipinski definition) is 3. The van der Waals surface area contributed by atoms with E-state index in [1.807, 2.05) is 43.3 Å². The highest BCUT2D eigenvalue weighted by Crippen LogP contribution is 2.30. The highest BCUT2D eigenvalue weighted by Gasteiger charge is 2.07. The van der Waals surface area contributed by atoms with E-state index < -0.39 is 0 Å². The summed E-state index contributed by atoms with van der Waals surface area (Å²) in [6.45, 7) is 2.60. The van der Waals surface area contributed by atoms with Gasteiger partial charge in [0, 0.05) is 10.8 Å². The van der Waals surface area contributed by atoms with E-state index in [-0.39, 0.29) is 0 Å². The molecule has 3 heteroatoms. The second-order valence-electron chi connectivity index (χ2n) is 4.68. The third kappa shape index (κ3) is 2.55. The van der Waals surface area contributed by atoms with E-state index in [1.165, 1.54) is 0 Å². The molecular weight excluding hydrogens is 262 g/mol. The van der Waals surface area contributed by atoms with Crippen LogP contribution >= 0.6 is 0 Å². The molecule has 3 nitrogen and oxygen atoms in total. The quantitative estimate of drug-likeness (QED) is 0.524. The standard InChI is InChI=1S/C18H17NO2/c1-3-21-11-10-18-16-12-13(20-2)8-9-14(16)15-6-4-5-7-17(15)19-18/h4-12H,3H2,1-2H3/b11-10+. The molecule has 0 radical (unpaired) electrons. The Bertz CT molecular complexity index is 809. The lowest BCUT2D eigenvalue weighted by molar-refractivity contribution is 0.272. The van der Waals surface area contributed by atoms with Gasteiger partial charge in [-0.2, -0.15) is 0 Å². The van der Waals surface area contributed by atoms with Crippen LogP contribution in [0.1, 0.15) is 12.6 Å². The number of benzene rings is 2. The van der Waals surface area contributed by atoms with Gasteiger partial charge < -0.3 is 9.47 Å². The van der Waals surface area contributed by atoms with Crippen LogP contribution in [0.2, 0.25) is 0 Å². The Morgan fingerprint density at radius 1 is 1.05 bits per heavy atom. The molecule has 0 aliphatic carbocycles. The van der Waals surface area contributed by atoms with Crippen molar-refractivity contribution in [1.82, 2.24) is 4.98 Å². The van der Waals surface area contributed by atoms with Gasteiger partial charge in [-0.25, -0.2) is 4.98 Å². The summed E-state index contributed by atoms with van der Waals surface area (Å²) in [5, 5.41) is 3.37. The van der Waals surface area contributed by atoms with E-state index in [2.05, 4.69) is 12.1 Å². The Labute approximate surface area is 123 Å². The number of hydrogen-bond donors (Lipinski definition) is 0. The van der Waals surface area contributed by atoms with E-state index in [9.17, 15) is 0 Å². The molecule has 0 atom stereocenters. The van der Waals surface area contributed by atoms with Gasteiger partial charge in [0.15, 0.2) is 0 Å². The topological polar surface area (TPSA) is 31.4 Å². The van der Waals surface area contributed by atoms with Crippen molar-refractivity contribution in [3.05, 3.63) is 54.4 Å². The van der Waals surface area contributed by atoms with Crippen LogP contribution in [0.25, 0.3) is 27.8 Å². The lowest BCUT2D eigenvalue weighted by atomic mass is 10.0. The SMILES string of the molecule is CCO/C=C/c1nc2ccccc2c2ccc(OC)cc12. The molecule has 1 heterocycles. The first-order valence-electron chi connectivity index (χ1n) is 6.98. The van der Waals surface area contributed by atoms with Crippen LogP contribution < -0.4 is 4.74 Å². The molecule has 0 spiro atoms. The summed E-state index contributed by atoms with van der Waals surface area (Å²) in [5.74, 6) is 0.825. The maximum absolute atomic E-state index is 5.33. The molecule has 3 aromatic rings. The zero-order valence-electron chi connectivity index (χ0n) is 12.2. The number of rotatable bonds is 4. The van der Waals surface area contributed by atoms with Crippen LogP contribution in [0.5, 0.6) is 5.75 Å². The van der Waals surface area contributed by atoms with Gasteiger partial charge in [-0.1, -0.05) is 18.2 Å². The van der Waals surface area contributed by atoms with Crippen molar-refractivity contribution in [3.8, 4) is 5.75 Å². The van der Waals surface area contributed by atoms with Crippen LogP contribution in [0, 0.1) is 0 Å². The maximum Gasteiger partial charge on any atom is 0.119 e. The molecule has 0 saturated heterocycles. The van der Waals surface area contributed by atoms with E-state index in [4.69, 9.17) is 14.5 Å². The van der Waals surface area contributed by atoms with Gasteiger partial charge in [-0.05, 0) is 42.7 Å². The van der Waals surface area contributed by atoms with E-state index >= 15 is 0 Å². The van der Waals surface area contributed by atoms with Crippen molar-refractivity contribution in [2.24, 2.45) is 0 Å². The third-order valence-corrected chi connectivity index (χ3v) is 3.43. The zero-order valence-corrected chi connectivity index (χ0v) is 12.2. The summed E-state index contributed by atoms with van der Waals surface area (Å²) < 4.78 is 10.6. The summed E-state index contributed by atoms with van der Waals surface area (Å²) in [5.41, 5.74) is 1.86. The molecule has 2 aromatic carbocycles. The summed E-state index contributed by atoms with van der Waals surface area (Å²) in [6.07, 6.45) is 3.59. The summed E-state index contributed by atoms with van der Waals surface area (Å²) in [6, 6.07) is 14.2. The molecule has 106 valence electrons. The minimum Gasteiger partial charge on any atom is -0.501 e. The van der Waals surface area contributed by atoms with Crippen LogP contribution in [-0.2, 0) is 4.74 Å². The highest BCUT2D eigenvalue weighted by atomic mass is 16.5. The zero-order chi connectivity index (χ0) is 14.7. The molecule has 21 heavy (non-hydrogen) atoms. The average Bonchev–Trinajstić information content (AvgIpc) is 2.54. The number of pyridine rings is 1. The van der Waals surface area contributed by atoms with Gasteiger partial charge in [0.2, 0.25) is 0 Å². The molecule has 3 rings (SSSR count). The van der Waals surface area contributed by atoms with Crippen molar-refractivity contribution < 1.29 is 9.47 Å². The molecule has 1 aromatic heterocycles. The summed E-state index contributed by atoms with van der Waals surface area (Å²) in [7, 11) is 1.67. The maximum atomic E-state index is 5.33. The number of fused-ring (bicyclic) bond motifs is 3. The number of nitrogens with zero attached hydrogens (tertiary/aromatic N) is 1. The summed E-state index contributed by atoms with van der Waals surface area (Å²) in [4.78, 5) is 4.73. The van der Waals surface area contributed by atoms with Gasteiger partial charge in [-0.3, -0.25) is 0 Å². The molecule has 0 fully saturated rings. The predicted octanol–water partition coefficient (Wildman–Crippen LogP) is 4.40. The third-order valence-electron chi connectivity index (χ3n) is 3.43. The number of para-hydroxylation sites is 1. The first-order valence-corrected chi connectivity index (χ1v) is 6.98. The molecule has 0 amide bonds. The Hall–Kier alpha value is -2.55. The molecule has 0 aliphatic heterocycles. The van der Waals surface area contributed by atoms with Crippen LogP contribution in [0.3, 0.4) is 0 Å². The van der Waals surface area contributed by atoms with Crippen molar-refractivity contribution in [2.45, 2.75) is 6.92 Å². The van der Waals surface area contributed by atoms with Crippen molar-refractivity contribution in [1.29, 1.82) is 0 Å². The van der Waals surface area contributed by atoms with Gasteiger partial charge in [0.1, 0.15) is 5.75 Å². The van der Waals surface area contributed by atoms with Gasteiger partial charge in [0.25, 0.3) is 0 Å². The Morgan fingerprint density at radius 2 is 1.90 bits per heavy atom. The second kappa shape index (κ2) is 5.83. The van der Waals surface area contributed by atoms with Gasteiger partial charge in [0.05, 0.1) is 31.2 Å². The number of methoxy groups -OCH3 is 1. The Balaban J connectivity index is 2.30. The summed E-state index contributed by atoms with van der Waals surface area (Å²) >= 11 is 0. The minimum absolute atomic E-state index is 0.644. The van der Waals surface area contributed by atoms with E-state index in [0.29, 0.717) is 6.61 Å². The Kier molecular flexibility index (Phi) is 3.73. The largest absolute Gasteiger partial charge is 0.501 e. The van der Waals surface area contributed by atoms with Crippen LogP contribution in [0.15, 0.2) is 48.7 Å². The minimum atomic E-state index is 0.644. The molecule has 0 unspecified atom stereocenters. The fourth-order valence-corrected chi connectivity index (χ4v) is 2.42. The number of aromatic nitrogens is 1. The van der Waals surface area contributed by atoms with E-state index in [1.54, 1.807) is 13.4 Å². The molecule has 0 bridgehead atoms. The van der Waals surface area contributed by atoms with Crippen LogP contribution in [0.4, 0.5) is 0 Å². The van der Waals surface area contributed by atoms with Crippen molar-refractivity contribution >= 4 is 27.8 Å². The molecule has 0 saturated carbocycles. The van der Waals surface area contributed by atoms with Gasteiger partial charge >= 0.3 is 0 Å². The van der Waals surface area contributed by atoms with Crippen molar-refractivity contribution in [2.75, 3.05) is 13.7 Å². The fourth-order valence-electron chi connectivity index (χ4n) is 2.42. The second-order valence-corrected chi connectivity index (χ2v) is 4.68. The van der Waals surface area contributed by atoms with Crippen LogP contribution in [-0.4, -0.2) is 18.7 Å². The highest BCUT2D eigenvalue weighted by molar-refractivity contribution is 6.08. The lowest BCUT2D eigenvalue weighted by Gasteiger charge is -2.09. The normalized spacial score (nSPS) is 11.3. The molecular formula is C18H17NO2. The number of ether oxygens (including phenoxy) is 2. The van der Waals surface area contributed by atoms with Gasteiger partial charge in [-0.15, -0.1) is 0 Å². The molecule has 0 aliphatic rings. The smallest absolute Gasteiger partial charge is 0.119 e. The first-order chi connectivity index (χ1) is 10.3. The monoisotopic (exact) mass is 279 g/mol. The molecule has 0 N–H and O–H groups in total. The fraction of sp³-hybridized carbons (Fsp3) is 0.167. The average molecular weight is 279 g/mol. The van der Waals surface area contributed by atoms with E-state index in [0.717, 1.165) is 33.1 Å². The first kappa shape index (κ1) is 13.4. The lowest BCUT2D eigenvalue weighted by Crippen LogP contribution is -1.90. The Morgan fingerprint density at radius 3 is 2.71 bits per heavy atom. The van der Waals surface area contributed by atoms with Crippen molar-refractivity contribution in [3.63, 3.8) is 0 Å².